The molecule has 0 aliphatic rings. The Balaban J connectivity index is 2.99. The maximum absolute atomic E-state index is 6.85. The van der Waals surface area contributed by atoms with E-state index in [0.717, 1.165) is 0 Å². The minimum atomic E-state index is -0.909. The zero-order chi connectivity index (χ0) is 5.15. The van der Waals surface area contributed by atoms with Gasteiger partial charge in [-0.15, -0.1) is 16.8 Å². The highest BCUT2D eigenvalue weighted by Crippen LogP contribution is 2.48. The summed E-state index contributed by atoms with van der Waals surface area (Å²) in [6.45, 7) is 0. The van der Waals surface area contributed by atoms with E-state index < -0.39 is 15.8 Å². The van der Waals surface area contributed by atoms with E-state index in [1.807, 2.05) is 0 Å². The third-order valence-electron chi connectivity index (χ3n) is 0.0577. The zero-order valence-corrected chi connectivity index (χ0v) is 5.92. The van der Waals surface area contributed by atoms with Crippen molar-refractivity contribution in [3.05, 3.63) is 0 Å². The summed E-state index contributed by atoms with van der Waals surface area (Å²) in [6.07, 6.45) is 0. The van der Waals surface area contributed by atoms with Crippen LogP contribution in [-0.2, 0) is 0 Å². The van der Waals surface area contributed by atoms with Crippen LogP contribution in [0.4, 0.5) is 0 Å². The highest BCUT2D eigenvalue weighted by atomic mass is 32.6. The Kier molecular flexibility index (Phi) is 3.33. The third-order valence-corrected chi connectivity index (χ3v) is 4.68. The van der Waals surface area contributed by atoms with Crippen LogP contribution in [0.1, 0.15) is 0 Å². The molecular formula is H5P4-. The van der Waals surface area contributed by atoms with Crippen LogP contribution in [0.15, 0.2) is 0 Å². The maximum atomic E-state index is 6.85. The van der Waals surface area contributed by atoms with Crippen LogP contribution < -0.4 is 0 Å². The van der Waals surface area contributed by atoms with Crippen LogP contribution in [-0.4, -0.2) is 2.56 Å². The van der Waals surface area contributed by atoms with E-state index in [9.17, 15) is 0 Å². The van der Waals surface area contributed by atoms with Gasteiger partial charge in [-0.25, -0.2) is 0 Å². The Hall–Kier alpha value is 1.72. The molecule has 0 aromatic heterocycles. The lowest BCUT2D eigenvalue weighted by Gasteiger charge is -1.86. The highest BCUT2D eigenvalue weighted by Gasteiger charge is 1.41. The first-order chi connectivity index (χ1) is 2.64. The van der Waals surface area contributed by atoms with E-state index in [4.69, 9.17) is 2.56 Å². The fraction of sp³-hybridized carbons (Fsp3) is 0. The summed E-state index contributed by atoms with van der Waals surface area (Å²) in [4.78, 5) is 0. The lowest BCUT2D eigenvalue weighted by Crippen LogP contribution is -0.756. The van der Waals surface area contributed by atoms with Gasteiger partial charge in [0.05, 0.1) is 1.28 Å². The molecular weight excluding hydrogens is 124 g/mol. The van der Waals surface area contributed by atoms with Crippen LogP contribution in [0.3, 0.4) is 0 Å². The molecule has 3 unspecified atom stereocenters. The van der Waals surface area contributed by atoms with E-state index in [0.29, 0.717) is 0 Å². The lowest BCUT2D eigenvalue weighted by molar-refractivity contribution is 5.30. The van der Waals surface area contributed by atoms with Crippen molar-refractivity contribution >= 4 is 33.7 Å². The molecule has 0 nitrogen and oxygen atoms in total. The Morgan fingerprint density at radius 2 is 3.00 bits per heavy atom. The van der Waals surface area contributed by atoms with E-state index in [1.54, 1.807) is 0 Å². The summed E-state index contributed by atoms with van der Waals surface area (Å²) in [5.41, 5.74) is 0. The van der Waals surface area contributed by atoms with Gasteiger partial charge in [0.15, 0.2) is 0 Å². The summed E-state index contributed by atoms with van der Waals surface area (Å²) in [5, 5.41) is 0. The normalized spacial score (nSPS) is 30.5. The first-order valence-corrected chi connectivity index (χ1v) is 6.14. The molecule has 0 saturated heterocycles. The van der Waals surface area contributed by atoms with E-state index >= 15 is 0 Å². The van der Waals surface area contributed by atoms with Crippen molar-refractivity contribution in [1.82, 2.24) is 0 Å². The predicted molar refractivity (Wildman–Crippen MR) is 34.7 cm³/mol. The van der Waals surface area contributed by atoms with E-state index in [1.165, 1.54) is 0 Å². The van der Waals surface area contributed by atoms with Crippen molar-refractivity contribution in [3.8, 4) is 0 Å². The molecule has 0 bridgehead atoms. The number of rotatable bonds is 1. The second-order valence-corrected chi connectivity index (χ2v) is 5.82. The molecule has 0 N–H and O–H groups in total. The minimum Gasteiger partial charge on any atom is -0.525 e. The molecule has 4 heteroatoms. The first-order valence-electron chi connectivity index (χ1n) is 1.58. The number of hydrogen-bond donors (Lipinski definition) is 0. The second-order valence-electron chi connectivity index (χ2n) is 0.215. The summed E-state index contributed by atoms with van der Waals surface area (Å²) >= 11 is 0. The van der Waals surface area contributed by atoms with Crippen LogP contribution in [0, 0.1) is 0 Å². The van der Waals surface area contributed by atoms with Gasteiger partial charge >= 0.3 is 0 Å². The van der Waals surface area contributed by atoms with Crippen LogP contribution in [0.5, 0.6) is 0 Å². The van der Waals surface area contributed by atoms with Gasteiger partial charge in [0.2, 0.25) is 0 Å². The molecule has 0 heterocycles. The van der Waals surface area contributed by atoms with Crippen LogP contribution >= 0.6 is 33.7 Å². The van der Waals surface area contributed by atoms with Crippen LogP contribution in [0.2, 0.25) is 0 Å². The highest BCUT2D eigenvalue weighted by molar-refractivity contribution is 8.54. The molecule has 0 rings (SSSR count). The van der Waals surface area contributed by atoms with E-state index in [2.05, 4.69) is 17.9 Å². The van der Waals surface area contributed by atoms with Gasteiger partial charge in [0, 0.05) is 1.28 Å². The standard InChI is InChI=1S/H5P4/c1-3-4-2/h1,3-4H,2H2/q-1/i3T,4D. The molecule has 0 saturated carbocycles. The van der Waals surface area contributed by atoms with E-state index in [-0.39, 0.29) is 0 Å². The predicted octanol–water partition coefficient (Wildman–Crippen LogP) is 2.11. The van der Waals surface area contributed by atoms with Crippen molar-refractivity contribution in [3.63, 3.8) is 0 Å². The first kappa shape index (κ1) is 2.82. The Morgan fingerprint density at radius 3 is 3.00 bits per heavy atom. The molecule has 0 fully saturated rings. The molecule has 26 valence electrons. The topological polar surface area (TPSA) is 0 Å². The van der Waals surface area contributed by atoms with Gasteiger partial charge in [0.1, 0.15) is 0 Å². The van der Waals surface area contributed by atoms with Gasteiger partial charge in [-0.3, -0.25) is 7.90 Å². The molecule has 0 aromatic rings. The summed E-state index contributed by atoms with van der Waals surface area (Å²) in [7, 11) is 3.58. The SMILES string of the molecule is [2H]P(P)P([3H])[PH-]. The van der Waals surface area contributed by atoms with Crippen molar-refractivity contribution in [2.24, 2.45) is 0 Å². The summed E-state index contributed by atoms with van der Waals surface area (Å²) < 4.78 is 13.7. The van der Waals surface area contributed by atoms with Crippen molar-refractivity contribution in [2.75, 3.05) is 0 Å². The van der Waals surface area contributed by atoms with Crippen molar-refractivity contribution < 1.29 is 0 Å². The average molecular weight is 132 g/mol. The van der Waals surface area contributed by atoms with Gasteiger partial charge < -0.3 is 8.93 Å². The Labute approximate surface area is 37.1 Å². The minimum absolute atomic E-state index is 0.848. The molecule has 0 aliphatic carbocycles. The second kappa shape index (κ2) is 4.72. The smallest absolute Gasteiger partial charge is 0.0645 e. The lowest BCUT2D eigenvalue weighted by atomic mass is 29.4. The molecule has 3 atom stereocenters. The fourth-order valence-corrected chi connectivity index (χ4v) is 0. The molecule has 0 aromatic carbocycles. The Bertz CT molecular complexity index is 26.5. The summed E-state index contributed by atoms with van der Waals surface area (Å²) in [6, 6.07) is 0. The molecule has 0 radical (unpaired) electrons. The molecule has 4 heavy (non-hydrogen) atoms. The maximum Gasteiger partial charge on any atom is 0.0645 e. The largest absolute Gasteiger partial charge is 0.525 e. The molecule has 0 amide bonds. The fourth-order valence-electron chi connectivity index (χ4n) is 0. The van der Waals surface area contributed by atoms with Gasteiger partial charge in [-0.2, -0.15) is 0 Å². The van der Waals surface area contributed by atoms with Gasteiger partial charge in [-0.05, 0) is 0 Å². The average Bonchev–Trinajstić information content (AvgIpc) is 1.36. The quantitative estimate of drug-likeness (QED) is 0.479. The third kappa shape index (κ3) is 3.72. The van der Waals surface area contributed by atoms with Gasteiger partial charge in [-0.1, -0.05) is 0 Å². The van der Waals surface area contributed by atoms with Crippen molar-refractivity contribution in [1.29, 1.82) is 2.56 Å². The van der Waals surface area contributed by atoms with Gasteiger partial charge in [0.25, 0.3) is 0 Å². The monoisotopic (exact) mass is 132 g/mol. The zero-order valence-electron chi connectivity index (χ0n) is 3.97. The summed E-state index contributed by atoms with van der Waals surface area (Å²) in [5.74, 6) is 0. The number of hydrogen-bond acceptors (Lipinski definition) is 0. The Morgan fingerprint density at radius 1 is 2.75 bits per heavy atom. The van der Waals surface area contributed by atoms with Crippen molar-refractivity contribution in [2.45, 2.75) is 0 Å². The molecule has 0 spiro atoms. The van der Waals surface area contributed by atoms with Crippen LogP contribution in [0.25, 0.3) is 0 Å². The molecule has 0 aliphatic heterocycles.